The summed E-state index contributed by atoms with van der Waals surface area (Å²) in [7, 11) is 0. The van der Waals surface area contributed by atoms with E-state index in [4.69, 9.17) is 0 Å². The fourth-order valence-electron chi connectivity index (χ4n) is 2.20. The van der Waals surface area contributed by atoms with Gasteiger partial charge in [-0.15, -0.1) is 11.3 Å². The van der Waals surface area contributed by atoms with Crippen LogP contribution in [0.25, 0.3) is 0 Å². The van der Waals surface area contributed by atoms with Gasteiger partial charge in [-0.2, -0.15) is 0 Å². The molecule has 0 radical (unpaired) electrons. The van der Waals surface area contributed by atoms with Crippen molar-refractivity contribution < 1.29 is 9.90 Å². The molecule has 1 aromatic carbocycles. The zero-order valence-corrected chi connectivity index (χ0v) is 16.0. The fourth-order valence-corrected chi connectivity index (χ4v) is 3.31. The van der Waals surface area contributed by atoms with Crippen LogP contribution < -0.4 is 5.32 Å². The number of rotatable bonds is 5. The first kappa shape index (κ1) is 19.2. The molecule has 0 unspecified atom stereocenters. The molecular formula is C20H24N2O2S. The van der Waals surface area contributed by atoms with E-state index in [1.807, 2.05) is 13.0 Å². The topological polar surface area (TPSA) is 62.2 Å². The minimum absolute atomic E-state index is 0.142. The number of hydrogen-bond acceptors (Lipinski definition) is 4. The number of aliphatic hydroxyl groups is 1. The van der Waals surface area contributed by atoms with Gasteiger partial charge < -0.3 is 10.4 Å². The van der Waals surface area contributed by atoms with Crippen molar-refractivity contribution in [2.75, 3.05) is 0 Å². The number of amides is 1. The Morgan fingerprint density at radius 2 is 2.16 bits per heavy atom. The second-order valence-corrected chi connectivity index (χ2v) is 7.61. The van der Waals surface area contributed by atoms with Gasteiger partial charge in [0.15, 0.2) is 0 Å². The predicted molar refractivity (Wildman–Crippen MR) is 102 cm³/mol. The maximum Gasteiger partial charge on any atom is 0.251 e. The summed E-state index contributed by atoms with van der Waals surface area (Å²) in [5.41, 5.74) is 1.18. The number of aryl methyl sites for hydroxylation is 2. The van der Waals surface area contributed by atoms with Crippen LogP contribution in [0.15, 0.2) is 24.3 Å². The van der Waals surface area contributed by atoms with Crippen LogP contribution in [0.2, 0.25) is 0 Å². The Bertz CT molecular complexity index is 807. The fraction of sp³-hybridized carbons (Fsp3) is 0.400. The van der Waals surface area contributed by atoms with Crippen molar-refractivity contribution in [3.05, 3.63) is 51.0 Å². The summed E-state index contributed by atoms with van der Waals surface area (Å²) in [6, 6.07) is 7.10. The molecule has 5 heteroatoms. The van der Waals surface area contributed by atoms with E-state index in [2.05, 4.69) is 29.1 Å². The summed E-state index contributed by atoms with van der Waals surface area (Å²) in [5.74, 6) is 5.50. The lowest BCUT2D eigenvalue weighted by molar-refractivity contribution is 0.0951. The predicted octanol–water partition coefficient (Wildman–Crippen LogP) is 3.46. The Morgan fingerprint density at radius 3 is 2.84 bits per heavy atom. The lowest BCUT2D eigenvalue weighted by Gasteiger charge is -2.07. The van der Waals surface area contributed by atoms with Crippen LogP contribution in [-0.2, 0) is 13.0 Å². The highest BCUT2D eigenvalue weighted by molar-refractivity contribution is 7.11. The third kappa shape index (κ3) is 6.00. The molecule has 25 heavy (non-hydrogen) atoms. The molecule has 1 aromatic heterocycles. The van der Waals surface area contributed by atoms with Crippen molar-refractivity contribution in [2.45, 2.75) is 52.7 Å². The smallest absolute Gasteiger partial charge is 0.251 e. The number of aromatic nitrogens is 1. The van der Waals surface area contributed by atoms with Crippen molar-refractivity contribution >= 4 is 17.2 Å². The molecule has 0 aliphatic rings. The number of carbonyl (C=O) groups excluding carboxylic acids is 1. The minimum atomic E-state index is -1.06. The quantitative estimate of drug-likeness (QED) is 0.807. The van der Waals surface area contributed by atoms with Crippen molar-refractivity contribution in [2.24, 2.45) is 0 Å². The van der Waals surface area contributed by atoms with Gasteiger partial charge in [0, 0.05) is 16.0 Å². The Kier molecular flexibility index (Phi) is 6.35. The average Bonchev–Trinajstić information content (AvgIpc) is 2.90. The summed E-state index contributed by atoms with van der Waals surface area (Å²) in [6.07, 6.45) is 2.04. The standard InChI is InChI=1S/C20H24N2O2S/c1-5-7-18-22-14(2)17(25-18)13-21-19(23)16-9-6-8-15(12-16)10-11-20(3,4)24/h6,8-9,12,24H,5,7,13H2,1-4H3,(H,21,23). The molecule has 0 fully saturated rings. The molecule has 132 valence electrons. The van der Waals surface area contributed by atoms with Crippen LogP contribution in [0.3, 0.4) is 0 Å². The second kappa shape index (κ2) is 8.28. The lowest BCUT2D eigenvalue weighted by Crippen LogP contribution is -2.22. The van der Waals surface area contributed by atoms with Gasteiger partial charge in [0.05, 0.1) is 17.2 Å². The lowest BCUT2D eigenvalue weighted by atomic mass is 10.1. The minimum Gasteiger partial charge on any atom is -0.378 e. The third-order valence-corrected chi connectivity index (χ3v) is 4.67. The third-order valence-electron chi connectivity index (χ3n) is 3.45. The maximum atomic E-state index is 12.4. The van der Waals surface area contributed by atoms with Crippen LogP contribution in [0, 0.1) is 18.8 Å². The van der Waals surface area contributed by atoms with Crippen molar-refractivity contribution in [3.8, 4) is 11.8 Å². The first-order valence-corrected chi connectivity index (χ1v) is 9.19. The van der Waals surface area contributed by atoms with Gasteiger partial charge in [-0.25, -0.2) is 4.98 Å². The molecule has 0 aliphatic carbocycles. The number of carbonyl (C=O) groups is 1. The van der Waals surface area contributed by atoms with Crippen molar-refractivity contribution in [1.82, 2.24) is 10.3 Å². The van der Waals surface area contributed by atoms with Gasteiger partial charge in [0.2, 0.25) is 0 Å². The molecule has 4 nitrogen and oxygen atoms in total. The summed E-state index contributed by atoms with van der Waals surface area (Å²) >= 11 is 1.66. The van der Waals surface area contributed by atoms with E-state index in [1.54, 1.807) is 43.4 Å². The molecule has 0 saturated heterocycles. The van der Waals surface area contributed by atoms with Crippen molar-refractivity contribution in [1.29, 1.82) is 0 Å². The van der Waals surface area contributed by atoms with Crippen LogP contribution in [-0.4, -0.2) is 21.6 Å². The molecular weight excluding hydrogens is 332 g/mol. The summed E-state index contributed by atoms with van der Waals surface area (Å²) in [4.78, 5) is 18.0. The molecule has 0 atom stereocenters. The van der Waals surface area contributed by atoms with E-state index in [0.29, 0.717) is 17.7 Å². The van der Waals surface area contributed by atoms with Gasteiger partial charge in [-0.05, 0) is 51.8 Å². The highest BCUT2D eigenvalue weighted by Gasteiger charge is 2.11. The normalized spacial score (nSPS) is 10.9. The molecule has 0 spiro atoms. The first-order chi connectivity index (χ1) is 11.8. The maximum absolute atomic E-state index is 12.4. The number of thiazole rings is 1. The Hall–Kier alpha value is -2.16. The summed E-state index contributed by atoms with van der Waals surface area (Å²) in [5, 5.41) is 13.7. The zero-order valence-electron chi connectivity index (χ0n) is 15.1. The van der Waals surface area contributed by atoms with Gasteiger partial charge in [-0.3, -0.25) is 4.79 Å². The second-order valence-electron chi connectivity index (χ2n) is 6.44. The monoisotopic (exact) mass is 356 g/mol. The van der Waals surface area contributed by atoms with Crippen molar-refractivity contribution in [3.63, 3.8) is 0 Å². The highest BCUT2D eigenvalue weighted by atomic mass is 32.1. The largest absolute Gasteiger partial charge is 0.378 e. The molecule has 2 N–H and O–H groups in total. The number of nitrogens with zero attached hydrogens (tertiary/aromatic N) is 1. The van der Waals surface area contributed by atoms with Gasteiger partial charge in [-0.1, -0.05) is 24.8 Å². The molecule has 0 bridgehead atoms. The summed E-state index contributed by atoms with van der Waals surface area (Å²) in [6.45, 7) is 7.84. The molecule has 1 heterocycles. The Balaban J connectivity index is 2.05. The Labute approximate surface area is 153 Å². The molecule has 2 rings (SSSR count). The first-order valence-electron chi connectivity index (χ1n) is 8.37. The molecule has 0 aliphatic heterocycles. The van der Waals surface area contributed by atoms with Gasteiger partial charge >= 0.3 is 0 Å². The van der Waals surface area contributed by atoms with Crippen LogP contribution in [0.1, 0.15) is 58.7 Å². The number of benzene rings is 1. The zero-order chi connectivity index (χ0) is 18.4. The van der Waals surface area contributed by atoms with E-state index < -0.39 is 5.60 Å². The van der Waals surface area contributed by atoms with Crippen LogP contribution in [0.5, 0.6) is 0 Å². The van der Waals surface area contributed by atoms with Gasteiger partial charge in [0.25, 0.3) is 5.91 Å². The van der Waals surface area contributed by atoms with E-state index in [-0.39, 0.29) is 5.91 Å². The SMILES string of the molecule is CCCc1nc(C)c(CNC(=O)c2cccc(C#CC(C)(C)O)c2)s1. The highest BCUT2D eigenvalue weighted by Crippen LogP contribution is 2.19. The van der Waals surface area contributed by atoms with E-state index in [9.17, 15) is 9.90 Å². The summed E-state index contributed by atoms with van der Waals surface area (Å²) < 4.78 is 0. The van der Waals surface area contributed by atoms with Crippen LogP contribution >= 0.6 is 11.3 Å². The average molecular weight is 356 g/mol. The van der Waals surface area contributed by atoms with Crippen LogP contribution in [0.4, 0.5) is 0 Å². The number of hydrogen-bond donors (Lipinski definition) is 2. The molecule has 1 amide bonds. The molecule has 2 aromatic rings. The molecule has 0 saturated carbocycles. The number of nitrogens with one attached hydrogen (secondary N) is 1. The Morgan fingerprint density at radius 1 is 1.40 bits per heavy atom. The van der Waals surface area contributed by atoms with E-state index in [1.165, 1.54) is 0 Å². The van der Waals surface area contributed by atoms with Gasteiger partial charge in [0.1, 0.15) is 5.60 Å². The van der Waals surface area contributed by atoms with E-state index in [0.717, 1.165) is 28.4 Å². The van der Waals surface area contributed by atoms with E-state index >= 15 is 0 Å².